The van der Waals surface area contributed by atoms with E-state index in [0.29, 0.717) is 6.04 Å². The standard InChI is InChI=1S/C15H26N4/c1-12(13-7-9-19(4)10-8-13)17-14-5-6-15(16-11-14)18(2)3/h5-6,11-13,17H,7-10H2,1-4H3. The Bertz CT molecular complexity index is 380. The highest BCUT2D eigenvalue weighted by molar-refractivity contribution is 5.48. The minimum atomic E-state index is 0.515. The Morgan fingerprint density at radius 3 is 2.53 bits per heavy atom. The van der Waals surface area contributed by atoms with E-state index in [1.54, 1.807) is 0 Å². The van der Waals surface area contributed by atoms with Crippen LogP contribution in [0.15, 0.2) is 18.3 Å². The molecule has 1 aromatic heterocycles. The summed E-state index contributed by atoms with van der Waals surface area (Å²) in [7, 11) is 6.23. The van der Waals surface area contributed by atoms with Crippen molar-refractivity contribution in [1.29, 1.82) is 0 Å². The van der Waals surface area contributed by atoms with Gasteiger partial charge in [-0.3, -0.25) is 0 Å². The monoisotopic (exact) mass is 262 g/mol. The first kappa shape index (κ1) is 14.1. The van der Waals surface area contributed by atoms with E-state index in [0.717, 1.165) is 17.4 Å². The maximum Gasteiger partial charge on any atom is 0.128 e. The Hall–Kier alpha value is -1.29. The van der Waals surface area contributed by atoms with Gasteiger partial charge in [-0.05, 0) is 58.0 Å². The third-order valence-corrected chi connectivity index (χ3v) is 4.07. The number of piperidine rings is 1. The van der Waals surface area contributed by atoms with Crippen LogP contribution in [0.5, 0.6) is 0 Å². The molecule has 0 aromatic carbocycles. The molecular formula is C15H26N4. The van der Waals surface area contributed by atoms with Crippen LogP contribution in [-0.4, -0.2) is 50.2 Å². The Labute approximate surface area is 116 Å². The summed E-state index contributed by atoms with van der Waals surface area (Å²) < 4.78 is 0. The van der Waals surface area contributed by atoms with Crippen molar-refractivity contribution in [2.24, 2.45) is 5.92 Å². The van der Waals surface area contributed by atoms with Crippen LogP contribution >= 0.6 is 0 Å². The first-order valence-corrected chi connectivity index (χ1v) is 7.14. The number of hydrogen-bond acceptors (Lipinski definition) is 4. The summed E-state index contributed by atoms with van der Waals surface area (Å²) in [5.41, 5.74) is 1.12. The van der Waals surface area contributed by atoms with Crippen LogP contribution in [0, 0.1) is 5.92 Å². The van der Waals surface area contributed by atoms with Crippen molar-refractivity contribution >= 4 is 11.5 Å². The number of nitrogens with one attached hydrogen (secondary N) is 1. The Kier molecular flexibility index (Phi) is 4.64. The Morgan fingerprint density at radius 2 is 2.00 bits per heavy atom. The minimum absolute atomic E-state index is 0.515. The molecule has 0 amide bonds. The molecule has 0 spiro atoms. The van der Waals surface area contributed by atoms with E-state index in [9.17, 15) is 0 Å². The molecule has 2 rings (SSSR count). The SMILES string of the molecule is CC(Nc1ccc(N(C)C)nc1)C1CCN(C)CC1. The number of aromatic nitrogens is 1. The molecule has 4 nitrogen and oxygen atoms in total. The van der Waals surface area contributed by atoms with Crippen LogP contribution in [0.2, 0.25) is 0 Å². The number of pyridine rings is 1. The lowest BCUT2D eigenvalue weighted by atomic mass is 9.90. The summed E-state index contributed by atoms with van der Waals surface area (Å²) in [5.74, 6) is 1.77. The summed E-state index contributed by atoms with van der Waals surface area (Å²) in [6.07, 6.45) is 4.50. The average molecular weight is 262 g/mol. The van der Waals surface area contributed by atoms with Crippen LogP contribution in [0.3, 0.4) is 0 Å². The zero-order valence-corrected chi connectivity index (χ0v) is 12.6. The topological polar surface area (TPSA) is 31.4 Å². The molecule has 0 saturated carbocycles. The molecular weight excluding hydrogens is 236 g/mol. The van der Waals surface area contributed by atoms with Crippen molar-refractivity contribution in [3.05, 3.63) is 18.3 Å². The maximum absolute atomic E-state index is 4.44. The van der Waals surface area contributed by atoms with Crippen LogP contribution in [0.4, 0.5) is 11.5 Å². The fourth-order valence-electron chi connectivity index (χ4n) is 2.65. The van der Waals surface area contributed by atoms with Gasteiger partial charge >= 0.3 is 0 Å². The van der Waals surface area contributed by atoms with Crippen molar-refractivity contribution in [3.63, 3.8) is 0 Å². The first-order chi connectivity index (χ1) is 9.06. The number of nitrogens with zero attached hydrogens (tertiary/aromatic N) is 3. The van der Waals surface area contributed by atoms with E-state index < -0.39 is 0 Å². The van der Waals surface area contributed by atoms with Gasteiger partial charge in [-0.1, -0.05) is 0 Å². The van der Waals surface area contributed by atoms with E-state index in [1.807, 2.05) is 25.2 Å². The lowest BCUT2D eigenvalue weighted by Crippen LogP contribution is -2.37. The molecule has 2 heterocycles. The molecule has 1 fully saturated rings. The summed E-state index contributed by atoms with van der Waals surface area (Å²) in [6.45, 7) is 4.72. The summed E-state index contributed by atoms with van der Waals surface area (Å²) >= 11 is 0. The van der Waals surface area contributed by atoms with Gasteiger partial charge in [-0.15, -0.1) is 0 Å². The predicted octanol–water partition coefficient (Wildman–Crippen LogP) is 2.29. The maximum atomic E-state index is 4.44. The lowest BCUT2D eigenvalue weighted by Gasteiger charge is -2.33. The molecule has 1 aliphatic rings. The summed E-state index contributed by atoms with van der Waals surface area (Å²) in [5, 5.41) is 3.59. The fourth-order valence-corrected chi connectivity index (χ4v) is 2.65. The van der Waals surface area contributed by atoms with Gasteiger partial charge in [0.15, 0.2) is 0 Å². The van der Waals surface area contributed by atoms with Gasteiger partial charge in [-0.25, -0.2) is 4.98 Å². The van der Waals surface area contributed by atoms with E-state index in [2.05, 4.69) is 41.3 Å². The molecule has 1 atom stereocenters. The van der Waals surface area contributed by atoms with Gasteiger partial charge in [0.05, 0.1) is 11.9 Å². The predicted molar refractivity (Wildman–Crippen MR) is 81.9 cm³/mol. The number of anilines is 2. The van der Waals surface area contributed by atoms with E-state index >= 15 is 0 Å². The minimum Gasteiger partial charge on any atom is -0.381 e. The van der Waals surface area contributed by atoms with E-state index in [1.165, 1.54) is 25.9 Å². The molecule has 1 unspecified atom stereocenters. The third kappa shape index (κ3) is 3.83. The highest BCUT2D eigenvalue weighted by atomic mass is 15.1. The summed E-state index contributed by atoms with van der Waals surface area (Å²) in [4.78, 5) is 8.88. The van der Waals surface area contributed by atoms with Crippen molar-refractivity contribution in [2.45, 2.75) is 25.8 Å². The summed E-state index contributed by atoms with van der Waals surface area (Å²) in [6, 6.07) is 4.69. The Balaban J connectivity index is 1.89. The van der Waals surface area contributed by atoms with Gasteiger partial charge in [0, 0.05) is 20.1 Å². The van der Waals surface area contributed by atoms with Crippen LogP contribution < -0.4 is 10.2 Å². The molecule has 1 aromatic rings. The highest BCUT2D eigenvalue weighted by Gasteiger charge is 2.22. The normalized spacial score (nSPS) is 19.2. The molecule has 0 radical (unpaired) electrons. The zero-order chi connectivity index (χ0) is 13.8. The zero-order valence-electron chi connectivity index (χ0n) is 12.6. The number of likely N-dealkylation sites (tertiary alicyclic amines) is 1. The second-order valence-electron chi connectivity index (χ2n) is 5.87. The van der Waals surface area contributed by atoms with E-state index in [-0.39, 0.29) is 0 Å². The highest BCUT2D eigenvalue weighted by Crippen LogP contribution is 2.22. The van der Waals surface area contributed by atoms with Crippen LogP contribution in [0.1, 0.15) is 19.8 Å². The van der Waals surface area contributed by atoms with Crippen LogP contribution in [0.25, 0.3) is 0 Å². The van der Waals surface area contributed by atoms with Crippen molar-refractivity contribution in [2.75, 3.05) is 44.4 Å². The van der Waals surface area contributed by atoms with Gasteiger partial charge in [0.25, 0.3) is 0 Å². The first-order valence-electron chi connectivity index (χ1n) is 7.14. The molecule has 19 heavy (non-hydrogen) atoms. The molecule has 1 N–H and O–H groups in total. The average Bonchev–Trinajstić information content (AvgIpc) is 2.40. The van der Waals surface area contributed by atoms with Crippen molar-refractivity contribution in [3.8, 4) is 0 Å². The number of hydrogen-bond donors (Lipinski definition) is 1. The van der Waals surface area contributed by atoms with Crippen LogP contribution in [-0.2, 0) is 0 Å². The Morgan fingerprint density at radius 1 is 1.32 bits per heavy atom. The molecule has 106 valence electrons. The van der Waals surface area contributed by atoms with Crippen molar-refractivity contribution < 1.29 is 0 Å². The molecule has 4 heteroatoms. The number of rotatable bonds is 4. The van der Waals surface area contributed by atoms with E-state index in [4.69, 9.17) is 0 Å². The molecule has 0 aliphatic carbocycles. The fraction of sp³-hybridized carbons (Fsp3) is 0.667. The molecule has 1 aliphatic heterocycles. The second-order valence-corrected chi connectivity index (χ2v) is 5.87. The quantitative estimate of drug-likeness (QED) is 0.902. The van der Waals surface area contributed by atoms with Gasteiger partial charge in [0.1, 0.15) is 5.82 Å². The largest absolute Gasteiger partial charge is 0.381 e. The van der Waals surface area contributed by atoms with Gasteiger partial charge < -0.3 is 15.1 Å². The molecule has 0 bridgehead atoms. The third-order valence-electron chi connectivity index (χ3n) is 4.07. The second kappa shape index (κ2) is 6.24. The van der Waals surface area contributed by atoms with Gasteiger partial charge in [0.2, 0.25) is 0 Å². The van der Waals surface area contributed by atoms with Gasteiger partial charge in [-0.2, -0.15) is 0 Å². The lowest BCUT2D eigenvalue weighted by molar-refractivity contribution is 0.208. The van der Waals surface area contributed by atoms with Crippen molar-refractivity contribution in [1.82, 2.24) is 9.88 Å². The smallest absolute Gasteiger partial charge is 0.128 e. The molecule has 1 saturated heterocycles.